The fourth-order valence-corrected chi connectivity index (χ4v) is 5.51. The van der Waals surface area contributed by atoms with Gasteiger partial charge in [0.05, 0.1) is 36.4 Å². The second-order valence-electron chi connectivity index (χ2n) is 10.9. The van der Waals surface area contributed by atoms with Crippen LogP contribution in [0.15, 0.2) is 47.7 Å². The first kappa shape index (κ1) is 30.1. The van der Waals surface area contributed by atoms with Gasteiger partial charge < -0.3 is 24.8 Å². The van der Waals surface area contributed by atoms with Gasteiger partial charge in [-0.3, -0.25) is 14.5 Å². The number of anilines is 3. The molecular formula is C30H34F3N7O3. The summed E-state index contributed by atoms with van der Waals surface area (Å²) in [5.74, 6) is -0.335. The van der Waals surface area contributed by atoms with Gasteiger partial charge in [0.2, 0.25) is 11.5 Å². The molecule has 1 aromatic carbocycles. The van der Waals surface area contributed by atoms with Gasteiger partial charge in [-0.25, -0.2) is 23.1 Å². The Labute approximate surface area is 247 Å². The molecular weight excluding hydrogens is 563 g/mol. The molecule has 1 fully saturated rings. The highest BCUT2D eigenvalue weighted by atomic mass is 19.3. The Bertz CT molecular complexity index is 1570. The van der Waals surface area contributed by atoms with Crippen molar-refractivity contribution < 1.29 is 22.7 Å². The van der Waals surface area contributed by atoms with Gasteiger partial charge in [-0.1, -0.05) is 6.08 Å². The number of likely N-dealkylation sites (N-methyl/N-ethyl adjacent to an activating group) is 1. The number of nitrogens with zero attached hydrogens (tertiary/aromatic N) is 5. The van der Waals surface area contributed by atoms with Crippen molar-refractivity contribution in [2.24, 2.45) is 0 Å². The van der Waals surface area contributed by atoms with Crippen molar-refractivity contribution in [2.45, 2.75) is 38.8 Å². The molecule has 0 radical (unpaired) electrons. The third kappa shape index (κ3) is 6.36. The third-order valence-corrected chi connectivity index (χ3v) is 8.10. The summed E-state index contributed by atoms with van der Waals surface area (Å²) in [7, 11) is 3.55. The van der Waals surface area contributed by atoms with Gasteiger partial charge in [0.1, 0.15) is 5.82 Å². The largest absolute Gasteiger partial charge is 0.494 e. The van der Waals surface area contributed by atoms with Crippen molar-refractivity contribution in [1.29, 1.82) is 0 Å². The zero-order valence-corrected chi connectivity index (χ0v) is 24.4. The second-order valence-corrected chi connectivity index (χ2v) is 10.9. The Morgan fingerprint density at radius 2 is 1.81 bits per heavy atom. The summed E-state index contributed by atoms with van der Waals surface area (Å²) in [5, 5.41) is 2.75. The summed E-state index contributed by atoms with van der Waals surface area (Å²) < 4.78 is 48.6. The number of halogens is 3. The number of piperazine rings is 1. The smallest absolute Gasteiger partial charge is 0.264 e. The molecule has 0 unspecified atom stereocenters. The number of methoxy groups -OCH3 is 1. The number of carbonyl (C=O) groups excluding carboxylic acids is 1. The number of rotatable bonds is 7. The molecule has 2 aliphatic heterocycles. The standard InChI is InChI=1S/C30H34F3N7O3/c1-17-14-40(15-18(2)38(17)3)26-10-24(31)21(19-6-5-7-39(16-19)30-35-11-20(43-4)12-36-30)8-25(26)37-29(42)23-13-34-27(41)9-22(23)28(32)33/h6,8-13,17-18,28H,5,7,14-16H2,1-4H3,(H,34,41)(H,37,42)/t17-,18+. The summed E-state index contributed by atoms with van der Waals surface area (Å²) in [4.78, 5) is 42.2. The Balaban J connectivity index is 1.52. The van der Waals surface area contributed by atoms with Crippen LogP contribution in [-0.4, -0.2) is 78.2 Å². The highest BCUT2D eigenvalue weighted by molar-refractivity contribution is 6.07. The lowest BCUT2D eigenvalue weighted by molar-refractivity contribution is 0.101. The topological polar surface area (TPSA) is 107 Å². The molecule has 0 spiro atoms. The maximum Gasteiger partial charge on any atom is 0.264 e. The fourth-order valence-electron chi connectivity index (χ4n) is 5.51. The molecule has 2 atom stereocenters. The molecule has 2 aliphatic rings. The molecule has 4 heterocycles. The maximum absolute atomic E-state index is 15.9. The molecule has 2 N–H and O–H groups in total. The van der Waals surface area contributed by atoms with Crippen LogP contribution in [-0.2, 0) is 0 Å². The number of ether oxygens (including phenoxy) is 1. The molecule has 0 bridgehead atoms. The number of alkyl halides is 2. The van der Waals surface area contributed by atoms with E-state index < -0.39 is 29.3 Å². The molecule has 10 nitrogen and oxygen atoms in total. The van der Waals surface area contributed by atoms with Crippen LogP contribution in [0.3, 0.4) is 0 Å². The molecule has 0 aliphatic carbocycles. The number of aromatic nitrogens is 3. The number of H-pyrrole nitrogens is 1. The van der Waals surface area contributed by atoms with Crippen LogP contribution in [0, 0.1) is 5.82 Å². The van der Waals surface area contributed by atoms with Crippen molar-refractivity contribution in [3.8, 4) is 5.75 Å². The van der Waals surface area contributed by atoms with E-state index in [1.165, 1.54) is 13.2 Å². The SMILES string of the molecule is COc1cnc(N2CCC=C(c3cc(NC(=O)c4c[nH]c(=O)cc4C(F)F)c(N4C[C@@H](C)N(C)[C@@H](C)C4)cc3F)C2)nc1. The lowest BCUT2D eigenvalue weighted by Crippen LogP contribution is -2.55. The van der Waals surface area contributed by atoms with Gasteiger partial charge in [0.15, 0.2) is 5.75 Å². The van der Waals surface area contributed by atoms with E-state index in [2.05, 4.69) is 39.0 Å². The van der Waals surface area contributed by atoms with Crippen molar-refractivity contribution in [2.75, 3.05) is 55.5 Å². The predicted molar refractivity (Wildman–Crippen MR) is 159 cm³/mol. The number of aromatic amines is 1. The molecule has 2 aromatic heterocycles. The summed E-state index contributed by atoms with van der Waals surface area (Å²) in [6.45, 7) is 6.18. The third-order valence-electron chi connectivity index (χ3n) is 8.10. The van der Waals surface area contributed by atoms with Crippen LogP contribution in [0.25, 0.3) is 5.57 Å². The Morgan fingerprint density at radius 1 is 1.12 bits per heavy atom. The van der Waals surface area contributed by atoms with Crippen LogP contribution in [0.4, 0.5) is 30.5 Å². The molecule has 1 saturated heterocycles. The number of amides is 1. The Hall–Kier alpha value is -4.39. The zero-order valence-electron chi connectivity index (χ0n) is 24.4. The van der Waals surface area contributed by atoms with E-state index in [-0.39, 0.29) is 28.9 Å². The predicted octanol–water partition coefficient (Wildman–Crippen LogP) is 4.33. The monoisotopic (exact) mass is 597 g/mol. The van der Waals surface area contributed by atoms with Gasteiger partial charge >= 0.3 is 0 Å². The average molecular weight is 598 g/mol. The first-order chi connectivity index (χ1) is 20.5. The van der Waals surface area contributed by atoms with E-state index >= 15 is 4.39 Å². The van der Waals surface area contributed by atoms with Crippen molar-refractivity contribution in [3.05, 3.63) is 75.7 Å². The molecule has 0 saturated carbocycles. The lowest BCUT2D eigenvalue weighted by atomic mass is 9.98. The van der Waals surface area contributed by atoms with E-state index in [4.69, 9.17) is 4.74 Å². The van der Waals surface area contributed by atoms with Gasteiger partial charge in [-0.2, -0.15) is 0 Å². The Kier molecular flexibility index (Phi) is 8.71. The number of pyridine rings is 1. The van der Waals surface area contributed by atoms with Crippen molar-refractivity contribution in [3.63, 3.8) is 0 Å². The molecule has 1 amide bonds. The Morgan fingerprint density at radius 3 is 2.47 bits per heavy atom. The van der Waals surface area contributed by atoms with E-state index in [1.807, 2.05) is 22.9 Å². The molecule has 13 heteroatoms. The highest BCUT2D eigenvalue weighted by Gasteiger charge is 2.30. The molecule has 5 rings (SSSR count). The quantitative estimate of drug-likeness (QED) is 0.415. The van der Waals surface area contributed by atoms with Crippen LogP contribution in [0.2, 0.25) is 0 Å². The van der Waals surface area contributed by atoms with Gasteiger partial charge in [0.25, 0.3) is 12.3 Å². The number of hydrogen-bond donors (Lipinski definition) is 2. The van der Waals surface area contributed by atoms with Crippen molar-refractivity contribution >= 4 is 28.8 Å². The van der Waals surface area contributed by atoms with Crippen LogP contribution in [0.1, 0.15) is 48.2 Å². The number of benzene rings is 1. The summed E-state index contributed by atoms with van der Waals surface area (Å²) >= 11 is 0. The summed E-state index contributed by atoms with van der Waals surface area (Å²) in [6.07, 6.45) is 3.60. The lowest BCUT2D eigenvalue weighted by Gasteiger charge is -2.44. The average Bonchev–Trinajstić information content (AvgIpc) is 3.00. The minimum absolute atomic E-state index is 0.138. The van der Waals surface area contributed by atoms with Gasteiger partial charge in [0, 0.05) is 61.7 Å². The van der Waals surface area contributed by atoms with Crippen molar-refractivity contribution in [1.82, 2.24) is 19.9 Å². The fraction of sp³-hybridized carbons (Fsp3) is 0.400. The first-order valence-corrected chi connectivity index (χ1v) is 14.0. The molecule has 3 aromatic rings. The molecule has 228 valence electrons. The number of nitrogens with one attached hydrogen (secondary N) is 2. The number of carbonyl (C=O) groups is 1. The molecule has 43 heavy (non-hydrogen) atoms. The summed E-state index contributed by atoms with van der Waals surface area (Å²) in [5.41, 5.74) is -0.146. The van der Waals surface area contributed by atoms with Gasteiger partial charge in [-0.05, 0) is 45.0 Å². The van der Waals surface area contributed by atoms with Crippen LogP contribution in [0.5, 0.6) is 5.75 Å². The first-order valence-electron chi connectivity index (χ1n) is 14.0. The highest BCUT2D eigenvalue weighted by Crippen LogP contribution is 2.36. The van der Waals surface area contributed by atoms with E-state index in [9.17, 15) is 18.4 Å². The minimum Gasteiger partial charge on any atom is -0.494 e. The minimum atomic E-state index is -3.04. The number of hydrogen-bond acceptors (Lipinski definition) is 8. The summed E-state index contributed by atoms with van der Waals surface area (Å²) in [6, 6.07) is 3.93. The second kappa shape index (κ2) is 12.5. The maximum atomic E-state index is 15.9. The van der Waals surface area contributed by atoms with E-state index in [0.29, 0.717) is 61.6 Å². The van der Waals surface area contributed by atoms with E-state index in [0.717, 1.165) is 6.20 Å². The van der Waals surface area contributed by atoms with Crippen LogP contribution >= 0.6 is 0 Å². The van der Waals surface area contributed by atoms with Crippen LogP contribution < -0.4 is 25.4 Å². The van der Waals surface area contributed by atoms with E-state index in [1.54, 1.807) is 18.5 Å². The van der Waals surface area contributed by atoms with Gasteiger partial charge in [-0.15, -0.1) is 0 Å². The zero-order chi connectivity index (χ0) is 30.8. The normalized spacial score (nSPS) is 19.4.